The molecule has 2 fully saturated rings. The largest absolute Gasteiger partial charge is 0.365 e. The molecule has 2 N–H and O–H groups in total. The number of hydrogen-bond donors (Lipinski definition) is 1. The van der Waals surface area contributed by atoms with Crippen molar-refractivity contribution in [1.82, 2.24) is 19.9 Å². The molecule has 0 aromatic carbocycles. The maximum atomic E-state index is 13.1. The number of primary amides is 1. The molecule has 3 aromatic heterocycles. The number of carbonyl (C=O) groups is 2. The number of nitrogens with zero attached hydrogens (tertiary/aromatic N) is 5. The summed E-state index contributed by atoms with van der Waals surface area (Å²) in [6, 6.07) is 3.83. The van der Waals surface area contributed by atoms with Crippen LogP contribution in [0.1, 0.15) is 57.2 Å². The highest BCUT2D eigenvalue weighted by atomic mass is 32.1. The number of amides is 2. The van der Waals surface area contributed by atoms with Crippen LogP contribution in [0.4, 0.5) is 5.95 Å². The second kappa shape index (κ2) is 8.22. The fraction of sp³-hybridized carbons (Fsp3) is 0.409. The van der Waals surface area contributed by atoms with E-state index in [1.54, 1.807) is 18.6 Å². The minimum absolute atomic E-state index is 0.0536. The van der Waals surface area contributed by atoms with E-state index in [2.05, 4.69) is 19.9 Å². The summed E-state index contributed by atoms with van der Waals surface area (Å²) >= 11 is 1.33. The van der Waals surface area contributed by atoms with Gasteiger partial charge >= 0.3 is 0 Å². The molecular formula is C22H24N6O2S. The number of hydrogen-bond acceptors (Lipinski definition) is 7. The number of rotatable bonds is 4. The molecule has 1 atom stereocenters. The molecule has 0 radical (unpaired) electrons. The molecule has 1 unspecified atom stereocenters. The number of likely N-dealkylation sites (tertiary alicyclic amines) is 1. The Bertz CT molecular complexity index is 1120. The van der Waals surface area contributed by atoms with Crippen molar-refractivity contribution in [3.63, 3.8) is 0 Å². The maximum Gasteiger partial charge on any atom is 0.259 e. The molecule has 0 aliphatic carbocycles. The number of pyridine rings is 1. The predicted molar refractivity (Wildman–Crippen MR) is 119 cm³/mol. The van der Waals surface area contributed by atoms with Crippen molar-refractivity contribution in [1.29, 1.82) is 0 Å². The second-order valence-corrected chi connectivity index (χ2v) is 9.12. The summed E-state index contributed by atoms with van der Waals surface area (Å²) in [5.41, 5.74) is 7.07. The molecule has 5 heterocycles. The Morgan fingerprint density at radius 2 is 1.84 bits per heavy atom. The Kier molecular flexibility index (Phi) is 5.27. The van der Waals surface area contributed by atoms with E-state index in [0.29, 0.717) is 29.5 Å². The van der Waals surface area contributed by atoms with Gasteiger partial charge < -0.3 is 15.5 Å². The first-order valence-electron chi connectivity index (χ1n) is 10.7. The average Bonchev–Trinajstić information content (AvgIpc) is 3.44. The molecular weight excluding hydrogens is 412 g/mol. The van der Waals surface area contributed by atoms with Crippen LogP contribution in [0, 0.1) is 0 Å². The van der Waals surface area contributed by atoms with E-state index >= 15 is 0 Å². The smallest absolute Gasteiger partial charge is 0.259 e. The third kappa shape index (κ3) is 3.74. The fourth-order valence-corrected chi connectivity index (χ4v) is 5.67. The molecule has 5 rings (SSSR count). The Morgan fingerprint density at radius 1 is 1.06 bits per heavy atom. The lowest BCUT2D eigenvalue weighted by Crippen LogP contribution is -2.32. The van der Waals surface area contributed by atoms with Gasteiger partial charge in [0.05, 0.1) is 10.4 Å². The van der Waals surface area contributed by atoms with Gasteiger partial charge in [0.1, 0.15) is 4.83 Å². The van der Waals surface area contributed by atoms with E-state index in [1.807, 2.05) is 17.0 Å². The van der Waals surface area contributed by atoms with Gasteiger partial charge in [0, 0.05) is 56.1 Å². The molecule has 2 amide bonds. The van der Waals surface area contributed by atoms with Gasteiger partial charge in [-0.3, -0.25) is 9.59 Å². The molecule has 160 valence electrons. The summed E-state index contributed by atoms with van der Waals surface area (Å²) in [5.74, 6) is 0.229. The molecule has 3 aromatic rings. The molecule has 9 heteroatoms. The Labute approximate surface area is 184 Å². The topological polar surface area (TPSA) is 105 Å². The maximum absolute atomic E-state index is 13.1. The number of nitrogens with two attached hydrogens (primary N) is 1. The fourth-order valence-electron chi connectivity index (χ4n) is 4.59. The van der Waals surface area contributed by atoms with Gasteiger partial charge in [-0.25, -0.2) is 15.0 Å². The SMILES string of the molecule is NC(=O)c1sc2ncccc2c1C1CCN(C(=O)c2cnc(N3CCCCC3)nc2)C1. The van der Waals surface area contributed by atoms with Crippen molar-refractivity contribution in [3.8, 4) is 0 Å². The van der Waals surface area contributed by atoms with Gasteiger partial charge in [0.2, 0.25) is 5.95 Å². The van der Waals surface area contributed by atoms with Crippen molar-refractivity contribution < 1.29 is 9.59 Å². The van der Waals surface area contributed by atoms with E-state index in [4.69, 9.17) is 5.73 Å². The first kappa shape index (κ1) is 19.9. The first-order chi connectivity index (χ1) is 15.1. The lowest BCUT2D eigenvalue weighted by molar-refractivity contribution is 0.0790. The van der Waals surface area contributed by atoms with Gasteiger partial charge in [0.25, 0.3) is 11.8 Å². The van der Waals surface area contributed by atoms with Gasteiger partial charge in [-0.05, 0) is 37.3 Å². The van der Waals surface area contributed by atoms with Crippen molar-refractivity contribution in [2.24, 2.45) is 5.73 Å². The number of thiophene rings is 1. The van der Waals surface area contributed by atoms with Crippen LogP contribution < -0.4 is 10.6 Å². The zero-order valence-corrected chi connectivity index (χ0v) is 18.0. The van der Waals surface area contributed by atoms with Crippen LogP contribution in [-0.4, -0.2) is 57.8 Å². The van der Waals surface area contributed by atoms with E-state index in [9.17, 15) is 9.59 Å². The minimum atomic E-state index is -0.440. The molecule has 0 saturated carbocycles. The molecule has 2 aliphatic heterocycles. The summed E-state index contributed by atoms with van der Waals surface area (Å²) < 4.78 is 0. The summed E-state index contributed by atoms with van der Waals surface area (Å²) in [7, 11) is 0. The number of fused-ring (bicyclic) bond motifs is 1. The number of carbonyl (C=O) groups excluding carboxylic acids is 2. The van der Waals surface area contributed by atoms with Crippen LogP contribution in [0.2, 0.25) is 0 Å². The number of piperidine rings is 1. The monoisotopic (exact) mass is 436 g/mol. The third-order valence-electron chi connectivity index (χ3n) is 6.14. The highest BCUT2D eigenvalue weighted by Crippen LogP contribution is 2.39. The first-order valence-corrected chi connectivity index (χ1v) is 11.5. The van der Waals surface area contributed by atoms with Gasteiger partial charge in [-0.15, -0.1) is 11.3 Å². The van der Waals surface area contributed by atoms with E-state index < -0.39 is 5.91 Å². The Balaban J connectivity index is 1.34. The normalized spacial score (nSPS) is 19.2. The highest BCUT2D eigenvalue weighted by Gasteiger charge is 2.33. The molecule has 2 aliphatic rings. The second-order valence-electron chi connectivity index (χ2n) is 8.12. The molecule has 0 spiro atoms. The molecule has 2 saturated heterocycles. The van der Waals surface area contributed by atoms with Crippen LogP contribution >= 0.6 is 11.3 Å². The van der Waals surface area contributed by atoms with Crippen molar-refractivity contribution in [2.45, 2.75) is 31.6 Å². The summed E-state index contributed by atoms with van der Waals surface area (Å²) in [5, 5.41) is 0.954. The van der Waals surface area contributed by atoms with Crippen LogP contribution in [-0.2, 0) is 0 Å². The zero-order chi connectivity index (χ0) is 21.4. The van der Waals surface area contributed by atoms with Crippen molar-refractivity contribution >= 4 is 39.3 Å². The zero-order valence-electron chi connectivity index (χ0n) is 17.2. The van der Waals surface area contributed by atoms with Crippen molar-refractivity contribution in [3.05, 3.63) is 46.7 Å². The third-order valence-corrected chi connectivity index (χ3v) is 7.28. The summed E-state index contributed by atoms with van der Waals surface area (Å²) in [4.78, 5) is 43.7. The Hall–Kier alpha value is -3.07. The van der Waals surface area contributed by atoms with Crippen LogP contribution in [0.3, 0.4) is 0 Å². The van der Waals surface area contributed by atoms with Crippen LogP contribution in [0.25, 0.3) is 10.2 Å². The van der Waals surface area contributed by atoms with E-state index in [-0.39, 0.29) is 11.8 Å². The molecule has 31 heavy (non-hydrogen) atoms. The predicted octanol–water partition coefficient (Wildman–Crippen LogP) is 2.81. The summed E-state index contributed by atoms with van der Waals surface area (Å²) in [6.07, 6.45) is 9.30. The van der Waals surface area contributed by atoms with Gasteiger partial charge in [-0.1, -0.05) is 6.07 Å². The number of anilines is 1. The standard InChI is InChI=1S/C22H24N6O2S/c23-19(29)18-17(16-5-4-7-24-20(16)31-18)14-6-10-28(13-14)21(30)15-11-25-22(26-12-15)27-8-2-1-3-9-27/h4-5,7,11-12,14H,1-3,6,8-10,13H2,(H2,23,29). The number of aromatic nitrogens is 3. The van der Waals surface area contributed by atoms with Crippen LogP contribution in [0.15, 0.2) is 30.7 Å². The van der Waals surface area contributed by atoms with E-state index in [0.717, 1.165) is 48.1 Å². The average molecular weight is 437 g/mol. The van der Waals surface area contributed by atoms with E-state index in [1.165, 1.54) is 17.8 Å². The molecule has 0 bridgehead atoms. The molecule has 8 nitrogen and oxygen atoms in total. The highest BCUT2D eigenvalue weighted by molar-refractivity contribution is 7.20. The van der Waals surface area contributed by atoms with Gasteiger partial charge in [0.15, 0.2) is 0 Å². The lowest BCUT2D eigenvalue weighted by Gasteiger charge is -2.26. The summed E-state index contributed by atoms with van der Waals surface area (Å²) in [6.45, 7) is 3.08. The minimum Gasteiger partial charge on any atom is -0.365 e. The lowest BCUT2D eigenvalue weighted by atomic mass is 9.95. The Morgan fingerprint density at radius 3 is 2.58 bits per heavy atom. The van der Waals surface area contributed by atoms with Crippen LogP contribution in [0.5, 0.6) is 0 Å². The van der Waals surface area contributed by atoms with Crippen molar-refractivity contribution in [2.75, 3.05) is 31.1 Å². The van der Waals surface area contributed by atoms with Gasteiger partial charge in [-0.2, -0.15) is 0 Å². The quantitative estimate of drug-likeness (QED) is 0.674.